The van der Waals surface area contributed by atoms with Crippen molar-refractivity contribution >= 4 is 0 Å². The number of aryl methyl sites for hydroxylation is 2. The molecule has 140 valence electrons. The van der Waals surface area contributed by atoms with E-state index in [4.69, 9.17) is 0 Å². The van der Waals surface area contributed by atoms with Crippen LogP contribution < -0.4 is 0 Å². The Labute approximate surface area is 155 Å². The third kappa shape index (κ3) is 5.53. The Hall–Kier alpha value is -0.920. The van der Waals surface area contributed by atoms with Crippen molar-refractivity contribution in [1.29, 1.82) is 0 Å². The van der Waals surface area contributed by atoms with Crippen molar-refractivity contribution < 1.29 is 0 Å². The van der Waals surface area contributed by atoms with Gasteiger partial charge in [0.05, 0.1) is 0 Å². The van der Waals surface area contributed by atoms with Crippen molar-refractivity contribution in [2.24, 2.45) is 23.7 Å². The molecular weight excluding hydrogens is 304 g/mol. The third-order valence-electron chi connectivity index (χ3n) is 7.09. The van der Waals surface area contributed by atoms with E-state index in [1.54, 1.807) is 0 Å². The molecule has 1 aromatic rings. The fourth-order valence-corrected chi connectivity index (χ4v) is 5.33. The van der Waals surface area contributed by atoms with Crippen LogP contribution in [0, 0.1) is 23.7 Å². The van der Waals surface area contributed by atoms with Gasteiger partial charge in [0, 0.05) is 18.8 Å². The molecule has 2 aliphatic carbocycles. The highest BCUT2D eigenvalue weighted by molar-refractivity contribution is 5.04. The number of hydrogen-bond acceptors (Lipinski definition) is 2. The topological polar surface area (TPSA) is 25.8 Å². The first kappa shape index (κ1) is 18.9. The van der Waals surface area contributed by atoms with E-state index in [0.717, 1.165) is 42.3 Å². The maximum atomic E-state index is 4.53. The maximum absolute atomic E-state index is 4.53. The van der Waals surface area contributed by atoms with Gasteiger partial charge in [0.1, 0.15) is 5.82 Å². The molecule has 0 aromatic carbocycles. The summed E-state index contributed by atoms with van der Waals surface area (Å²) in [6.07, 6.45) is 22.2. The minimum atomic E-state index is 0.919. The summed E-state index contributed by atoms with van der Waals surface area (Å²) in [6.45, 7) is 4.50. The van der Waals surface area contributed by atoms with Gasteiger partial charge in [-0.2, -0.15) is 0 Å². The van der Waals surface area contributed by atoms with Gasteiger partial charge in [-0.3, -0.25) is 0 Å². The van der Waals surface area contributed by atoms with E-state index in [9.17, 15) is 0 Å². The zero-order valence-electron chi connectivity index (χ0n) is 16.6. The molecule has 0 bridgehead atoms. The molecule has 1 heterocycles. The average molecular weight is 343 g/mol. The minimum absolute atomic E-state index is 0.919. The van der Waals surface area contributed by atoms with Crippen LogP contribution in [0.15, 0.2) is 12.4 Å². The Kier molecular flexibility index (Phi) is 7.31. The quantitative estimate of drug-likeness (QED) is 0.574. The summed E-state index contributed by atoms with van der Waals surface area (Å²) in [6, 6.07) is 0. The summed E-state index contributed by atoms with van der Waals surface area (Å²) in [4.78, 5) is 9.07. The lowest BCUT2D eigenvalue weighted by Gasteiger charge is -2.38. The van der Waals surface area contributed by atoms with Gasteiger partial charge >= 0.3 is 0 Å². The van der Waals surface area contributed by atoms with Crippen LogP contribution in [0.4, 0.5) is 0 Å². The molecule has 0 unspecified atom stereocenters. The van der Waals surface area contributed by atoms with Gasteiger partial charge in [-0.05, 0) is 67.8 Å². The zero-order valence-corrected chi connectivity index (χ0v) is 16.6. The number of hydrogen-bond donors (Lipinski definition) is 0. The fourth-order valence-electron chi connectivity index (χ4n) is 5.33. The molecule has 2 nitrogen and oxygen atoms in total. The lowest BCUT2D eigenvalue weighted by molar-refractivity contribution is 0.141. The maximum Gasteiger partial charge on any atom is 0.128 e. The molecule has 1 aromatic heterocycles. The van der Waals surface area contributed by atoms with Gasteiger partial charge in [-0.1, -0.05) is 52.4 Å². The van der Waals surface area contributed by atoms with E-state index in [1.807, 2.05) is 12.4 Å². The first-order valence-corrected chi connectivity index (χ1v) is 11.1. The largest absolute Gasteiger partial charge is 0.241 e. The van der Waals surface area contributed by atoms with Crippen LogP contribution in [-0.4, -0.2) is 9.97 Å². The van der Waals surface area contributed by atoms with Crippen LogP contribution in [0.3, 0.4) is 0 Å². The summed E-state index contributed by atoms with van der Waals surface area (Å²) in [5.41, 5.74) is 1.25. The molecule has 0 radical (unpaired) electrons. The van der Waals surface area contributed by atoms with Crippen LogP contribution >= 0.6 is 0 Å². The first-order valence-electron chi connectivity index (χ1n) is 11.1. The van der Waals surface area contributed by atoms with Gasteiger partial charge < -0.3 is 0 Å². The molecule has 0 amide bonds. The highest BCUT2D eigenvalue weighted by Gasteiger charge is 2.30. The van der Waals surface area contributed by atoms with Gasteiger partial charge in [0.25, 0.3) is 0 Å². The van der Waals surface area contributed by atoms with Gasteiger partial charge in [-0.15, -0.1) is 0 Å². The monoisotopic (exact) mass is 342 g/mol. The van der Waals surface area contributed by atoms with Crippen molar-refractivity contribution in [2.45, 2.75) is 97.3 Å². The molecule has 3 rings (SSSR count). The van der Waals surface area contributed by atoms with Crippen LogP contribution in [0.5, 0.6) is 0 Å². The predicted molar refractivity (Wildman–Crippen MR) is 106 cm³/mol. The minimum Gasteiger partial charge on any atom is -0.241 e. The number of nitrogens with zero attached hydrogens (tertiary/aromatic N) is 2. The SMILES string of the molecule is CCC[C@H]1CC[C@H]([C@H]2CC[C@H](CCc3ncc(CC)cn3)CC2)CC1. The van der Waals surface area contributed by atoms with E-state index in [1.165, 1.54) is 76.2 Å². The second-order valence-corrected chi connectivity index (χ2v) is 8.75. The number of rotatable bonds is 7. The molecule has 25 heavy (non-hydrogen) atoms. The Morgan fingerprint density at radius 1 is 0.760 bits per heavy atom. The molecule has 2 fully saturated rings. The number of aromatic nitrogens is 2. The summed E-state index contributed by atoms with van der Waals surface area (Å²) in [5.74, 6) is 5.12. The Bertz CT molecular complexity index is 479. The van der Waals surface area contributed by atoms with E-state index in [2.05, 4.69) is 23.8 Å². The smallest absolute Gasteiger partial charge is 0.128 e. The molecule has 0 atom stereocenters. The van der Waals surface area contributed by atoms with Crippen molar-refractivity contribution in [3.8, 4) is 0 Å². The van der Waals surface area contributed by atoms with Crippen molar-refractivity contribution in [2.75, 3.05) is 0 Å². The Morgan fingerprint density at radius 2 is 1.28 bits per heavy atom. The van der Waals surface area contributed by atoms with Gasteiger partial charge in [0.2, 0.25) is 0 Å². The normalized spacial score (nSPS) is 30.3. The summed E-state index contributed by atoms with van der Waals surface area (Å²) < 4.78 is 0. The third-order valence-corrected chi connectivity index (χ3v) is 7.09. The highest BCUT2D eigenvalue weighted by Crippen LogP contribution is 2.42. The molecule has 2 saturated carbocycles. The van der Waals surface area contributed by atoms with Crippen LogP contribution in [0.2, 0.25) is 0 Å². The Morgan fingerprint density at radius 3 is 1.76 bits per heavy atom. The second kappa shape index (κ2) is 9.69. The summed E-state index contributed by atoms with van der Waals surface area (Å²) in [7, 11) is 0. The molecule has 2 aliphatic rings. The van der Waals surface area contributed by atoms with Crippen LogP contribution in [0.25, 0.3) is 0 Å². The van der Waals surface area contributed by atoms with E-state index < -0.39 is 0 Å². The average Bonchev–Trinajstić information content (AvgIpc) is 2.68. The molecule has 0 spiro atoms. The van der Waals surface area contributed by atoms with E-state index in [0.29, 0.717) is 0 Å². The molecular formula is C23H38N2. The summed E-state index contributed by atoms with van der Waals surface area (Å²) >= 11 is 0. The standard InChI is InChI=1S/C23H38N2/c1-3-5-19-6-11-21(12-7-19)22-13-8-20(9-14-22)10-15-23-24-16-18(4-2)17-25-23/h16-17,19-22H,3-15H2,1-2H3/t19-,20-,21-,22-. The van der Waals surface area contributed by atoms with Crippen molar-refractivity contribution in [1.82, 2.24) is 9.97 Å². The van der Waals surface area contributed by atoms with Crippen LogP contribution in [0.1, 0.15) is 95.9 Å². The zero-order chi connectivity index (χ0) is 17.5. The molecule has 0 saturated heterocycles. The molecule has 0 N–H and O–H groups in total. The van der Waals surface area contributed by atoms with Gasteiger partial charge in [0.15, 0.2) is 0 Å². The van der Waals surface area contributed by atoms with Crippen LogP contribution in [-0.2, 0) is 12.8 Å². The fraction of sp³-hybridized carbons (Fsp3) is 0.826. The first-order chi connectivity index (χ1) is 12.3. The van der Waals surface area contributed by atoms with Crippen molar-refractivity contribution in [3.05, 3.63) is 23.8 Å². The van der Waals surface area contributed by atoms with E-state index in [-0.39, 0.29) is 0 Å². The highest BCUT2D eigenvalue weighted by atomic mass is 14.9. The predicted octanol–water partition coefficient (Wildman–Crippen LogP) is 6.38. The lowest BCUT2D eigenvalue weighted by atomic mass is 9.68. The second-order valence-electron chi connectivity index (χ2n) is 8.75. The van der Waals surface area contributed by atoms with Crippen molar-refractivity contribution in [3.63, 3.8) is 0 Å². The summed E-state index contributed by atoms with van der Waals surface area (Å²) in [5, 5.41) is 0. The molecule has 2 heteroatoms. The van der Waals surface area contributed by atoms with E-state index >= 15 is 0 Å². The lowest BCUT2D eigenvalue weighted by Crippen LogP contribution is -2.26. The molecule has 0 aliphatic heterocycles. The van der Waals surface area contributed by atoms with Gasteiger partial charge in [-0.25, -0.2) is 9.97 Å². The Balaban J connectivity index is 1.36.